The van der Waals surface area contributed by atoms with E-state index in [1.54, 1.807) is 0 Å². The van der Waals surface area contributed by atoms with Crippen molar-refractivity contribution in [2.45, 2.75) is 32.2 Å². The molecule has 0 rings (SSSR count). The van der Waals surface area contributed by atoms with Crippen molar-refractivity contribution in [3.05, 3.63) is 0 Å². The second kappa shape index (κ2) is 4.69. The molecule has 13 heavy (non-hydrogen) atoms. The Balaban J connectivity index is 4.57. The van der Waals surface area contributed by atoms with E-state index in [1.807, 2.05) is 13.8 Å². The van der Waals surface area contributed by atoms with Crippen LogP contribution in [-0.4, -0.2) is 24.5 Å². The number of carbonyl (C=O) groups excluding carboxylic acids is 1. The van der Waals surface area contributed by atoms with E-state index in [9.17, 15) is 4.79 Å². The Bertz CT molecular complexity index is 198. The highest BCUT2D eigenvalue weighted by atomic mass is 16.2. The molecular formula is C8H18N4O. The van der Waals surface area contributed by atoms with Gasteiger partial charge in [0.25, 0.3) is 0 Å². The largest absolute Gasteiger partial charge is 0.386 e. The molecule has 0 atom stereocenters. The minimum Gasteiger partial charge on any atom is -0.386 e. The molecule has 0 aromatic carbocycles. The Hall–Kier alpha value is -1.26. The number of nitrogens with two attached hydrogens (primary N) is 1. The second-order valence-electron chi connectivity index (χ2n) is 2.91. The standard InChI is InChI=1S/C8H18N4O/c1-4-8(5-2,6(9)10)12-7(13)11-3/h4-5H2,1-3H3,(H3,9,10)(H2,11,12,13). The highest BCUT2D eigenvalue weighted by molar-refractivity contribution is 5.91. The van der Waals surface area contributed by atoms with Crippen molar-refractivity contribution < 1.29 is 4.79 Å². The third-order valence-electron chi connectivity index (χ3n) is 2.30. The molecule has 0 fully saturated rings. The first-order chi connectivity index (χ1) is 6.02. The lowest BCUT2D eigenvalue weighted by Crippen LogP contribution is -2.58. The number of nitrogens with one attached hydrogen (secondary N) is 3. The SMILES string of the molecule is CCC(CC)(NC(=O)NC)C(=N)N. The molecule has 0 bridgehead atoms. The monoisotopic (exact) mass is 186 g/mol. The van der Waals surface area contributed by atoms with Crippen LogP contribution in [0.1, 0.15) is 26.7 Å². The van der Waals surface area contributed by atoms with Gasteiger partial charge >= 0.3 is 6.03 Å². The summed E-state index contributed by atoms with van der Waals surface area (Å²) in [6, 6.07) is -0.307. The third kappa shape index (κ3) is 2.61. The molecular weight excluding hydrogens is 168 g/mol. The van der Waals surface area contributed by atoms with Gasteiger partial charge < -0.3 is 16.4 Å². The van der Waals surface area contributed by atoms with Crippen LogP contribution >= 0.6 is 0 Å². The van der Waals surface area contributed by atoms with E-state index in [2.05, 4.69) is 10.6 Å². The Labute approximate surface area is 78.6 Å². The van der Waals surface area contributed by atoms with E-state index < -0.39 is 5.54 Å². The van der Waals surface area contributed by atoms with E-state index in [4.69, 9.17) is 11.1 Å². The van der Waals surface area contributed by atoms with Crippen molar-refractivity contribution in [1.82, 2.24) is 10.6 Å². The van der Waals surface area contributed by atoms with Crippen molar-refractivity contribution in [1.29, 1.82) is 5.41 Å². The molecule has 0 aromatic rings. The van der Waals surface area contributed by atoms with Crippen LogP contribution in [0.4, 0.5) is 4.79 Å². The molecule has 0 aliphatic rings. The molecule has 0 saturated heterocycles. The Morgan fingerprint density at radius 2 is 1.92 bits per heavy atom. The molecule has 0 unspecified atom stereocenters. The molecule has 76 valence electrons. The van der Waals surface area contributed by atoms with E-state index in [-0.39, 0.29) is 11.9 Å². The zero-order valence-corrected chi connectivity index (χ0v) is 8.40. The zero-order chi connectivity index (χ0) is 10.5. The van der Waals surface area contributed by atoms with Crippen molar-refractivity contribution in [3.8, 4) is 0 Å². The van der Waals surface area contributed by atoms with Crippen LogP contribution in [0, 0.1) is 5.41 Å². The number of carbonyl (C=O) groups is 1. The van der Waals surface area contributed by atoms with Crippen LogP contribution in [0.15, 0.2) is 0 Å². The van der Waals surface area contributed by atoms with Crippen molar-refractivity contribution in [2.24, 2.45) is 5.73 Å². The zero-order valence-electron chi connectivity index (χ0n) is 8.40. The highest BCUT2D eigenvalue weighted by Gasteiger charge is 2.31. The van der Waals surface area contributed by atoms with Gasteiger partial charge in [-0.2, -0.15) is 0 Å². The second-order valence-corrected chi connectivity index (χ2v) is 2.91. The first kappa shape index (κ1) is 11.7. The van der Waals surface area contributed by atoms with Crippen LogP contribution < -0.4 is 16.4 Å². The van der Waals surface area contributed by atoms with Crippen molar-refractivity contribution in [2.75, 3.05) is 7.05 Å². The number of hydrogen-bond donors (Lipinski definition) is 4. The summed E-state index contributed by atoms with van der Waals surface area (Å²) in [5, 5.41) is 12.5. The lowest BCUT2D eigenvalue weighted by atomic mass is 9.92. The van der Waals surface area contributed by atoms with Gasteiger partial charge in [-0.1, -0.05) is 13.8 Å². The predicted octanol–water partition coefficient (Wildman–Crippen LogP) is 0.410. The van der Waals surface area contributed by atoms with E-state index in [0.717, 1.165) is 0 Å². The molecule has 0 spiro atoms. The number of amides is 2. The number of rotatable bonds is 4. The quantitative estimate of drug-likeness (QED) is 0.378. The molecule has 0 radical (unpaired) electrons. The van der Waals surface area contributed by atoms with Gasteiger partial charge in [0.1, 0.15) is 5.84 Å². The Morgan fingerprint density at radius 3 is 2.15 bits per heavy atom. The molecule has 5 N–H and O–H groups in total. The number of amidine groups is 1. The average molecular weight is 186 g/mol. The molecule has 2 amide bonds. The van der Waals surface area contributed by atoms with E-state index in [0.29, 0.717) is 12.8 Å². The van der Waals surface area contributed by atoms with E-state index >= 15 is 0 Å². The molecule has 0 aliphatic carbocycles. The van der Waals surface area contributed by atoms with Gasteiger partial charge in [0.05, 0.1) is 5.54 Å². The predicted molar refractivity (Wildman–Crippen MR) is 52.8 cm³/mol. The Kier molecular flexibility index (Phi) is 4.23. The fourth-order valence-electron chi connectivity index (χ4n) is 1.15. The summed E-state index contributed by atoms with van der Waals surface area (Å²) in [6.45, 7) is 3.78. The van der Waals surface area contributed by atoms with Crippen LogP contribution in [-0.2, 0) is 0 Å². The van der Waals surface area contributed by atoms with Crippen molar-refractivity contribution >= 4 is 11.9 Å². The third-order valence-corrected chi connectivity index (χ3v) is 2.30. The molecule has 0 heterocycles. The number of urea groups is 1. The summed E-state index contributed by atoms with van der Waals surface area (Å²) in [5.74, 6) is 0.00102. The van der Waals surface area contributed by atoms with Gasteiger partial charge in [0.2, 0.25) is 0 Å². The summed E-state index contributed by atoms with van der Waals surface area (Å²) in [5.41, 5.74) is 4.74. The van der Waals surface area contributed by atoms with Gasteiger partial charge in [-0.25, -0.2) is 4.79 Å². The molecule has 0 aromatic heterocycles. The lowest BCUT2D eigenvalue weighted by Gasteiger charge is -2.31. The first-order valence-corrected chi connectivity index (χ1v) is 4.36. The fourth-order valence-corrected chi connectivity index (χ4v) is 1.15. The van der Waals surface area contributed by atoms with Gasteiger partial charge in [0, 0.05) is 7.05 Å². The average Bonchev–Trinajstić information content (AvgIpc) is 2.13. The fraction of sp³-hybridized carbons (Fsp3) is 0.750. The van der Waals surface area contributed by atoms with Gasteiger partial charge in [0.15, 0.2) is 0 Å². The summed E-state index contributed by atoms with van der Waals surface area (Å²) in [7, 11) is 1.53. The maximum Gasteiger partial charge on any atom is 0.315 e. The van der Waals surface area contributed by atoms with Crippen LogP contribution in [0.25, 0.3) is 0 Å². The molecule has 0 saturated carbocycles. The summed E-state index contributed by atoms with van der Waals surface area (Å²) < 4.78 is 0. The smallest absolute Gasteiger partial charge is 0.315 e. The molecule has 5 heteroatoms. The summed E-state index contributed by atoms with van der Waals surface area (Å²) in [6.07, 6.45) is 1.23. The normalized spacial score (nSPS) is 10.7. The maximum absolute atomic E-state index is 11.1. The minimum atomic E-state index is -0.694. The maximum atomic E-state index is 11.1. The molecule has 0 aliphatic heterocycles. The lowest BCUT2D eigenvalue weighted by molar-refractivity contribution is 0.233. The molecule has 5 nitrogen and oxygen atoms in total. The summed E-state index contributed by atoms with van der Waals surface area (Å²) in [4.78, 5) is 11.1. The van der Waals surface area contributed by atoms with Gasteiger partial charge in [-0.05, 0) is 12.8 Å². The van der Waals surface area contributed by atoms with Crippen LogP contribution in [0.2, 0.25) is 0 Å². The minimum absolute atomic E-state index is 0.00102. The highest BCUT2D eigenvalue weighted by Crippen LogP contribution is 2.14. The van der Waals surface area contributed by atoms with Crippen LogP contribution in [0.5, 0.6) is 0 Å². The number of hydrogen-bond acceptors (Lipinski definition) is 2. The van der Waals surface area contributed by atoms with Gasteiger partial charge in [-0.15, -0.1) is 0 Å². The van der Waals surface area contributed by atoms with Crippen LogP contribution in [0.3, 0.4) is 0 Å². The topological polar surface area (TPSA) is 91.0 Å². The Morgan fingerprint density at radius 1 is 1.46 bits per heavy atom. The van der Waals surface area contributed by atoms with Gasteiger partial charge in [-0.3, -0.25) is 5.41 Å². The van der Waals surface area contributed by atoms with E-state index in [1.165, 1.54) is 7.05 Å². The first-order valence-electron chi connectivity index (χ1n) is 4.36. The summed E-state index contributed by atoms with van der Waals surface area (Å²) >= 11 is 0. The van der Waals surface area contributed by atoms with Crippen molar-refractivity contribution in [3.63, 3.8) is 0 Å².